The zero-order valence-corrected chi connectivity index (χ0v) is 12.0. The third-order valence-electron chi connectivity index (χ3n) is 2.41. The van der Waals surface area contributed by atoms with Crippen LogP contribution in [0.15, 0.2) is 24.3 Å². The summed E-state index contributed by atoms with van der Waals surface area (Å²) in [5, 5.41) is 13.2. The van der Waals surface area contributed by atoms with Gasteiger partial charge in [-0.1, -0.05) is 0 Å². The second kappa shape index (κ2) is 4.97. The molecule has 0 fully saturated rings. The molecule has 1 aromatic carbocycles. The molecule has 1 heterocycles. The fraction of sp³-hybridized carbons (Fsp3) is 0.167. The third kappa shape index (κ3) is 2.47. The van der Waals surface area contributed by atoms with Gasteiger partial charge in [0.25, 0.3) is 0 Å². The van der Waals surface area contributed by atoms with E-state index in [4.69, 9.17) is 9.84 Å². The predicted octanol–water partition coefficient (Wildman–Crippen LogP) is 2.82. The van der Waals surface area contributed by atoms with E-state index in [0.29, 0.717) is 11.4 Å². The van der Waals surface area contributed by atoms with Crippen molar-refractivity contribution in [3.63, 3.8) is 0 Å². The first-order valence-electron chi connectivity index (χ1n) is 5.19. The van der Waals surface area contributed by atoms with Gasteiger partial charge in [0.05, 0.1) is 5.69 Å². The molecule has 2 aromatic rings. The number of hydrogen-bond acceptors (Lipinski definition) is 3. The van der Waals surface area contributed by atoms with E-state index in [-0.39, 0.29) is 11.4 Å². The van der Waals surface area contributed by atoms with E-state index < -0.39 is 5.97 Å². The quantitative estimate of drug-likeness (QED) is 0.858. The van der Waals surface area contributed by atoms with Crippen LogP contribution in [0.25, 0.3) is 0 Å². The Morgan fingerprint density at radius 2 is 2.00 bits per heavy atom. The first-order valence-corrected chi connectivity index (χ1v) is 6.27. The second-order valence-corrected chi connectivity index (χ2v) is 5.00. The molecule has 0 saturated carbocycles. The van der Waals surface area contributed by atoms with Crippen LogP contribution >= 0.6 is 22.6 Å². The Morgan fingerprint density at radius 1 is 1.39 bits per heavy atom. The Labute approximate surface area is 118 Å². The lowest BCUT2D eigenvalue weighted by atomic mass is 10.2. The molecule has 18 heavy (non-hydrogen) atoms. The molecule has 0 aliphatic carbocycles. The average Bonchev–Trinajstić information content (AvgIpc) is 2.57. The van der Waals surface area contributed by atoms with Gasteiger partial charge in [-0.15, -0.1) is 0 Å². The lowest BCUT2D eigenvalue weighted by Gasteiger charge is -2.06. The first kappa shape index (κ1) is 12.9. The fourth-order valence-corrected chi connectivity index (χ4v) is 1.97. The first-order chi connectivity index (χ1) is 8.49. The van der Waals surface area contributed by atoms with Crippen LogP contribution < -0.4 is 4.74 Å². The minimum Gasteiger partial charge on any atom is -0.477 e. The van der Waals surface area contributed by atoms with Gasteiger partial charge in [0.15, 0.2) is 0 Å². The molecule has 0 bridgehead atoms. The van der Waals surface area contributed by atoms with Crippen molar-refractivity contribution >= 4 is 28.6 Å². The largest absolute Gasteiger partial charge is 0.477 e. The number of aromatic nitrogens is 2. The van der Waals surface area contributed by atoms with Gasteiger partial charge in [-0.3, -0.25) is 0 Å². The second-order valence-electron chi connectivity index (χ2n) is 3.75. The summed E-state index contributed by atoms with van der Waals surface area (Å²) in [6.45, 7) is 1.64. The van der Waals surface area contributed by atoms with Crippen molar-refractivity contribution in [3.8, 4) is 11.6 Å². The van der Waals surface area contributed by atoms with Crippen LogP contribution in [0.3, 0.4) is 0 Å². The van der Waals surface area contributed by atoms with E-state index in [9.17, 15) is 4.79 Å². The number of carboxylic acid groups (broad SMARTS) is 1. The molecule has 0 unspecified atom stereocenters. The van der Waals surface area contributed by atoms with Gasteiger partial charge < -0.3 is 9.84 Å². The summed E-state index contributed by atoms with van der Waals surface area (Å²) < 4.78 is 8.10. The molecule has 0 saturated heterocycles. The standard InChI is InChI=1S/C12H11IN2O3/c1-7-10(12(16)17)11(15(2)14-7)18-9-5-3-8(13)4-6-9/h3-6H,1-2H3,(H,16,17). The minimum atomic E-state index is -1.04. The van der Waals surface area contributed by atoms with Gasteiger partial charge in [0.2, 0.25) is 5.88 Å². The van der Waals surface area contributed by atoms with Crippen LogP contribution in [0.4, 0.5) is 0 Å². The van der Waals surface area contributed by atoms with E-state index in [1.54, 1.807) is 26.1 Å². The number of aryl methyl sites for hydroxylation is 2. The molecule has 0 aliphatic rings. The van der Waals surface area contributed by atoms with Crippen LogP contribution in [0.1, 0.15) is 16.1 Å². The maximum atomic E-state index is 11.2. The molecular weight excluding hydrogens is 347 g/mol. The number of benzene rings is 1. The van der Waals surface area contributed by atoms with Crippen LogP contribution in [-0.2, 0) is 7.05 Å². The van der Waals surface area contributed by atoms with Crippen molar-refractivity contribution in [1.29, 1.82) is 0 Å². The number of aromatic carboxylic acids is 1. The van der Waals surface area contributed by atoms with E-state index in [0.717, 1.165) is 3.57 Å². The van der Waals surface area contributed by atoms with Crippen molar-refractivity contribution in [2.75, 3.05) is 0 Å². The van der Waals surface area contributed by atoms with E-state index in [1.807, 2.05) is 12.1 Å². The maximum Gasteiger partial charge on any atom is 0.343 e. The Kier molecular flexibility index (Phi) is 3.55. The lowest BCUT2D eigenvalue weighted by Crippen LogP contribution is -2.01. The molecule has 94 valence electrons. The summed E-state index contributed by atoms with van der Waals surface area (Å²) in [6, 6.07) is 7.35. The molecule has 2 rings (SSSR count). The summed E-state index contributed by atoms with van der Waals surface area (Å²) in [5.41, 5.74) is 0.529. The SMILES string of the molecule is Cc1nn(C)c(Oc2ccc(I)cc2)c1C(=O)O. The van der Waals surface area contributed by atoms with Gasteiger partial charge in [-0.05, 0) is 53.8 Å². The minimum absolute atomic E-state index is 0.0936. The van der Waals surface area contributed by atoms with Gasteiger partial charge in [-0.25, -0.2) is 9.48 Å². The summed E-state index contributed by atoms with van der Waals surface area (Å²) in [6.07, 6.45) is 0. The van der Waals surface area contributed by atoms with Crippen molar-refractivity contribution in [3.05, 3.63) is 39.1 Å². The summed E-state index contributed by atoms with van der Waals surface area (Å²) >= 11 is 2.19. The summed E-state index contributed by atoms with van der Waals surface area (Å²) in [7, 11) is 1.65. The lowest BCUT2D eigenvalue weighted by molar-refractivity contribution is 0.0693. The number of rotatable bonds is 3. The van der Waals surface area contributed by atoms with Gasteiger partial charge >= 0.3 is 5.97 Å². The van der Waals surface area contributed by atoms with Crippen molar-refractivity contribution < 1.29 is 14.6 Å². The number of nitrogens with zero attached hydrogens (tertiary/aromatic N) is 2. The molecular formula is C12H11IN2O3. The molecule has 1 aromatic heterocycles. The average molecular weight is 358 g/mol. The van der Waals surface area contributed by atoms with Gasteiger partial charge in [-0.2, -0.15) is 5.10 Å². The zero-order valence-electron chi connectivity index (χ0n) is 9.85. The molecule has 0 atom stereocenters. The Hall–Kier alpha value is -1.57. The molecule has 0 radical (unpaired) electrons. The number of ether oxygens (including phenoxy) is 1. The molecule has 5 nitrogen and oxygen atoms in total. The smallest absolute Gasteiger partial charge is 0.343 e. The third-order valence-corrected chi connectivity index (χ3v) is 3.13. The van der Waals surface area contributed by atoms with Crippen molar-refractivity contribution in [1.82, 2.24) is 9.78 Å². The van der Waals surface area contributed by atoms with Gasteiger partial charge in [0, 0.05) is 10.6 Å². The number of halogens is 1. The van der Waals surface area contributed by atoms with E-state index in [2.05, 4.69) is 27.7 Å². The van der Waals surface area contributed by atoms with Crippen LogP contribution in [0, 0.1) is 10.5 Å². The molecule has 0 aliphatic heterocycles. The maximum absolute atomic E-state index is 11.2. The highest BCUT2D eigenvalue weighted by atomic mass is 127. The van der Waals surface area contributed by atoms with E-state index in [1.165, 1.54) is 4.68 Å². The molecule has 0 amide bonds. The predicted molar refractivity (Wildman–Crippen MR) is 74.1 cm³/mol. The monoisotopic (exact) mass is 358 g/mol. The number of hydrogen-bond donors (Lipinski definition) is 1. The highest BCUT2D eigenvalue weighted by Gasteiger charge is 2.21. The summed E-state index contributed by atoms with van der Waals surface area (Å²) in [4.78, 5) is 11.2. The molecule has 0 spiro atoms. The topological polar surface area (TPSA) is 64.4 Å². The van der Waals surface area contributed by atoms with Crippen LogP contribution in [-0.4, -0.2) is 20.9 Å². The van der Waals surface area contributed by atoms with E-state index >= 15 is 0 Å². The fourth-order valence-electron chi connectivity index (χ4n) is 1.61. The van der Waals surface area contributed by atoms with Crippen LogP contribution in [0.5, 0.6) is 11.6 Å². The Bertz CT molecular complexity index is 590. The highest BCUT2D eigenvalue weighted by Crippen LogP contribution is 2.27. The zero-order chi connectivity index (χ0) is 13.3. The highest BCUT2D eigenvalue weighted by molar-refractivity contribution is 14.1. The van der Waals surface area contributed by atoms with Crippen LogP contribution in [0.2, 0.25) is 0 Å². The molecule has 1 N–H and O–H groups in total. The number of carboxylic acids is 1. The van der Waals surface area contributed by atoms with Crippen molar-refractivity contribution in [2.24, 2.45) is 7.05 Å². The Morgan fingerprint density at radius 3 is 2.56 bits per heavy atom. The van der Waals surface area contributed by atoms with Gasteiger partial charge in [0.1, 0.15) is 11.3 Å². The number of carbonyl (C=O) groups is 1. The normalized spacial score (nSPS) is 10.4. The Balaban J connectivity index is 2.39. The molecule has 6 heteroatoms. The summed E-state index contributed by atoms with van der Waals surface area (Å²) in [5.74, 6) is -0.219. The van der Waals surface area contributed by atoms with Crippen molar-refractivity contribution in [2.45, 2.75) is 6.92 Å².